The van der Waals surface area contributed by atoms with Crippen LogP contribution in [0.2, 0.25) is 0 Å². The average Bonchev–Trinajstić information content (AvgIpc) is 2.69. The molecule has 0 aromatic carbocycles. The summed E-state index contributed by atoms with van der Waals surface area (Å²) in [6.07, 6.45) is 3.83. The van der Waals surface area contributed by atoms with Crippen molar-refractivity contribution in [3.05, 3.63) is 12.2 Å². The van der Waals surface area contributed by atoms with E-state index in [1.54, 1.807) is 0 Å². The number of Topliss-reactive ketones (excluding diaryl/α,β-unsaturated/α-hetero) is 1. The molecule has 0 spiro atoms. The van der Waals surface area contributed by atoms with Crippen molar-refractivity contribution in [3.8, 4) is 0 Å². The second kappa shape index (κ2) is 5.96. The molecule has 114 valence electrons. The van der Waals surface area contributed by atoms with E-state index in [0.29, 0.717) is 13.0 Å². The molecule has 0 amide bonds. The fourth-order valence-corrected chi connectivity index (χ4v) is 3.08. The van der Waals surface area contributed by atoms with Crippen LogP contribution in [0.1, 0.15) is 41.0 Å². The Balaban J connectivity index is 2.10. The van der Waals surface area contributed by atoms with Gasteiger partial charge in [0.15, 0.2) is 5.79 Å². The first kappa shape index (κ1) is 15.7. The van der Waals surface area contributed by atoms with Crippen LogP contribution in [0.4, 0.5) is 0 Å². The molecule has 4 nitrogen and oxygen atoms in total. The molecule has 0 bridgehead atoms. The first-order chi connectivity index (χ1) is 9.34. The third-order valence-electron chi connectivity index (χ3n) is 4.01. The molecule has 0 saturated carbocycles. The van der Waals surface area contributed by atoms with E-state index in [9.17, 15) is 4.79 Å². The van der Waals surface area contributed by atoms with Crippen LogP contribution < -0.4 is 0 Å². The summed E-state index contributed by atoms with van der Waals surface area (Å²) in [4.78, 5) is 12.4. The smallest absolute Gasteiger partial charge is 0.163 e. The van der Waals surface area contributed by atoms with E-state index in [1.807, 2.05) is 32.9 Å². The van der Waals surface area contributed by atoms with Gasteiger partial charge < -0.3 is 14.2 Å². The Labute approximate surface area is 121 Å². The second-order valence-corrected chi connectivity index (χ2v) is 6.47. The first-order valence-electron chi connectivity index (χ1n) is 7.47. The first-order valence-corrected chi connectivity index (χ1v) is 7.47. The molecule has 2 aliphatic rings. The lowest BCUT2D eigenvalue weighted by Gasteiger charge is -2.38. The maximum atomic E-state index is 12.4. The number of carbonyl (C=O) groups excluding carboxylic acids is 1. The number of allylic oxidation sites excluding steroid dienone is 1. The van der Waals surface area contributed by atoms with Crippen LogP contribution in [-0.2, 0) is 19.0 Å². The van der Waals surface area contributed by atoms with Gasteiger partial charge in [0.1, 0.15) is 11.9 Å². The summed E-state index contributed by atoms with van der Waals surface area (Å²) in [5.74, 6) is -0.0884. The van der Waals surface area contributed by atoms with Crippen molar-refractivity contribution < 1.29 is 19.0 Å². The summed E-state index contributed by atoms with van der Waals surface area (Å²) in [6, 6.07) is 0. The summed E-state index contributed by atoms with van der Waals surface area (Å²) in [5, 5.41) is 0. The third kappa shape index (κ3) is 3.30. The Hall–Kier alpha value is -0.710. The third-order valence-corrected chi connectivity index (χ3v) is 4.01. The Bertz CT molecular complexity index is 386. The van der Waals surface area contributed by atoms with Gasteiger partial charge in [-0.3, -0.25) is 4.79 Å². The van der Waals surface area contributed by atoms with Crippen molar-refractivity contribution in [2.45, 2.75) is 65.1 Å². The lowest BCUT2D eigenvalue weighted by Crippen LogP contribution is -2.48. The highest BCUT2D eigenvalue weighted by Gasteiger charge is 2.45. The number of carbonyl (C=O) groups is 1. The van der Waals surface area contributed by atoms with Crippen molar-refractivity contribution in [2.24, 2.45) is 11.8 Å². The van der Waals surface area contributed by atoms with Crippen LogP contribution in [-0.4, -0.2) is 36.5 Å². The van der Waals surface area contributed by atoms with Gasteiger partial charge in [0.05, 0.1) is 18.8 Å². The summed E-state index contributed by atoms with van der Waals surface area (Å²) >= 11 is 0. The number of hydrogen-bond donors (Lipinski definition) is 0. The van der Waals surface area contributed by atoms with Gasteiger partial charge in [-0.05, 0) is 26.7 Å². The van der Waals surface area contributed by atoms with E-state index in [2.05, 4.69) is 13.8 Å². The second-order valence-electron chi connectivity index (χ2n) is 6.47. The van der Waals surface area contributed by atoms with Gasteiger partial charge in [0, 0.05) is 12.3 Å². The highest BCUT2D eigenvalue weighted by molar-refractivity contribution is 5.83. The summed E-state index contributed by atoms with van der Waals surface area (Å²) < 4.78 is 17.6. The number of hydrogen-bond acceptors (Lipinski definition) is 4. The fourth-order valence-electron chi connectivity index (χ4n) is 3.08. The van der Waals surface area contributed by atoms with Gasteiger partial charge in [-0.15, -0.1) is 0 Å². The SMILES string of the molecule is C/C=C/[C@@H]1O[C@H]([C@H]2COC(C)(C)O2)CC(=O)[C@@H]1C(C)C. The van der Waals surface area contributed by atoms with E-state index >= 15 is 0 Å². The molecule has 20 heavy (non-hydrogen) atoms. The molecule has 2 aliphatic heterocycles. The zero-order valence-electron chi connectivity index (χ0n) is 13.1. The largest absolute Gasteiger partial charge is 0.367 e. The molecule has 2 rings (SSSR count). The molecular formula is C16H26O4. The predicted molar refractivity (Wildman–Crippen MR) is 76.3 cm³/mol. The van der Waals surface area contributed by atoms with E-state index in [-0.39, 0.29) is 35.9 Å². The van der Waals surface area contributed by atoms with E-state index in [0.717, 1.165) is 0 Å². The monoisotopic (exact) mass is 282 g/mol. The number of ether oxygens (including phenoxy) is 3. The molecule has 0 aromatic heterocycles. The molecular weight excluding hydrogens is 256 g/mol. The van der Waals surface area contributed by atoms with E-state index < -0.39 is 5.79 Å². The van der Waals surface area contributed by atoms with Crippen molar-refractivity contribution in [3.63, 3.8) is 0 Å². The quantitative estimate of drug-likeness (QED) is 0.747. The fraction of sp³-hybridized carbons (Fsp3) is 0.812. The number of rotatable bonds is 3. The normalized spacial score (nSPS) is 38.0. The highest BCUT2D eigenvalue weighted by Crippen LogP contribution is 2.34. The topological polar surface area (TPSA) is 44.8 Å². The maximum absolute atomic E-state index is 12.4. The van der Waals surface area contributed by atoms with E-state index in [1.165, 1.54) is 0 Å². The van der Waals surface area contributed by atoms with Gasteiger partial charge >= 0.3 is 0 Å². The maximum Gasteiger partial charge on any atom is 0.163 e. The Morgan fingerprint density at radius 2 is 2.00 bits per heavy atom. The van der Waals surface area contributed by atoms with Crippen LogP contribution in [0.3, 0.4) is 0 Å². The van der Waals surface area contributed by atoms with Crippen molar-refractivity contribution >= 4 is 5.78 Å². The van der Waals surface area contributed by atoms with Crippen molar-refractivity contribution in [1.82, 2.24) is 0 Å². The minimum Gasteiger partial charge on any atom is -0.367 e. The Morgan fingerprint density at radius 1 is 1.30 bits per heavy atom. The van der Waals surface area contributed by atoms with Crippen LogP contribution in [0.5, 0.6) is 0 Å². The van der Waals surface area contributed by atoms with Gasteiger partial charge in [-0.25, -0.2) is 0 Å². The number of ketones is 1. The predicted octanol–water partition coefficient (Wildman–Crippen LogP) is 2.71. The zero-order valence-corrected chi connectivity index (χ0v) is 13.1. The zero-order chi connectivity index (χ0) is 14.9. The molecule has 4 atom stereocenters. The minimum atomic E-state index is -0.581. The summed E-state index contributed by atoms with van der Waals surface area (Å²) in [6.45, 7) is 10.4. The van der Waals surface area contributed by atoms with Gasteiger partial charge in [-0.1, -0.05) is 26.0 Å². The molecule has 0 radical (unpaired) electrons. The molecule has 4 heteroatoms. The summed E-state index contributed by atoms with van der Waals surface area (Å²) in [7, 11) is 0. The lowest BCUT2D eigenvalue weighted by atomic mass is 9.81. The minimum absolute atomic E-state index is 0.0576. The average molecular weight is 282 g/mol. The Morgan fingerprint density at radius 3 is 2.50 bits per heavy atom. The van der Waals surface area contributed by atoms with Crippen LogP contribution >= 0.6 is 0 Å². The van der Waals surface area contributed by atoms with Crippen molar-refractivity contribution in [2.75, 3.05) is 6.61 Å². The van der Waals surface area contributed by atoms with Gasteiger partial charge in [0.25, 0.3) is 0 Å². The molecule has 0 aromatic rings. The standard InChI is InChI=1S/C16H26O4/c1-6-7-12-15(10(2)3)11(17)8-13(19-12)14-9-18-16(4,5)20-14/h6-7,10,12-15H,8-9H2,1-5H3/b7-6+/t12-,13-,14+,15-/m0/s1. The van der Waals surface area contributed by atoms with Crippen LogP contribution in [0.15, 0.2) is 12.2 Å². The highest BCUT2D eigenvalue weighted by atomic mass is 16.7. The van der Waals surface area contributed by atoms with Crippen LogP contribution in [0, 0.1) is 11.8 Å². The molecule has 0 N–H and O–H groups in total. The lowest BCUT2D eigenvalue weighted by molar-refractivity contribution is -0.178. The molecule has 0 aliphatic carbocycles. The van der Waals surface area contributed by atoms with Gasteiger partial charge in [-0.2, -0.15) is 0 Å². The molecule has 2 heterocycles. The summed E-state index contributed by atoms with van der Waals surface area (Å²) in [5.41, 5.74) is 0. The molecule has 2 fully saturated rings. The van der Waals surface area contributed by atoms with E-state index in [4.69, 9.17) is 14.2 Å². The molecule has 2 saturated heterocycles. The molecule has 0 unspecified atom stereocenters. The van der Waals surface area contributed by atoms with Crippen LogP contribution in [0.25, 0.3) is 0 Å². The van der Waals surface area contributed by atoms with Gasteiger partial charge in [0.2, 0.25) is 0 Å². The Kier molecular flexibility index (Phi) is 4.67. The van der Waals surface area contributed by atoms with Crippen molar-refractivity contribution in [1.29, 1.82) is 0 Å².